The SMILES string of the molecule is C[Si](C)(Oc1ccccc1)OC(c1ccccc1)(c1ccccc1)C(O)(c1ccccc1)[Si](C)(C)c1ccccc1. The summed E-state index contributed by atoms with van der Waals surface area (Å²) in [4.78, 5) is 0. The molecule has 0 bridgehead atoms. The van der Waals surface area contributed by atoms with Crippen LogP contribution in [0.2, 0.25) is 26.2 Å². The Hall–Kier alpha value is -3.75. The van der Waals surface area contributed by atoms with E-state index in [0.717, 1.165) is 27.6 Å². The average Bonchev–Trinajstić information content (AvgIpc) is 3.01. The molecule has 0 heterocycles. The van der Waals surface area contributed by atoms with Crippen LogP contribution in [0, 0.1) is 0 Å². The van der Waals surface area contributed by atoms with E-state index < -0.39 is 27.5 Å². The minimum atomic E-state index is -3.01. The highest BCUT2D eigenvalue weighted by atomic mass is 28.4. The van der Waals surface area contributed by atoms with E-state index in [9.17, 15) is 5.11 Å². The summed E-state index contributed by atoms with van der Waals surface area (Å²) in [6, 6.07) is 50.7. The highest BCUT2D eigenvalue weighted by Crippen LogP contribution is 2.54. The topological polar surface area (TPSA) is 38.7 Å². The van der Waals surface area contributed by atoms with Crippen LogP contribution in [0.25, 0.3) is 0 Å². The molecule has 3 nitrogen and oxygen atoms in total. The molecule has 0 aromatic heterocycles. The third kappa shape index (κ3) is 5.34. The summed E-state index contributed by atoms with van der Waals surface area (Å²) in [5.74, 6) is 0.752. The molecule has 1 unspecified atom stereocenters. The van der Waals surface area contributed by atoms with Crippen LogP contribution in [-0.4, -0.2) is 21.7 Å². The fourth-order valence-corrected chi connectivity index (χ4v) is 11.6. The Morgan fingerprint density at radius 3 is 1.29 bits per heavy atom. The lowest BCUT2D eigenvalue weighted by Crippen LogP contribution is -2.72. The van der Waals surface area contributed by atoms with E-state index in [2.05, 4.69) is 74.7 Å². The van der Waals surface area contributed by atoms with Crippen molar-refractivity contribution < 1.29 is 14.0 Å². The maximum Gasteiger partial charge on any atom is 0.393 e. The van der Waals surface area contributed by atoms with E-state index in [1.807, 2.05) is 103 Å². The predicted molar refractivity (Wildman–Crippen MR) is 173 cm³/mol. The molecule has 0 spiro atoms. The Morgan fingerprint density at radius 2 is 0.854 bits per heavy atom. The highest BCUT2D eigenvalue weighted by molar-refractivity contribution is 6.92. The molecule has 0 fully saturated rings. The van der Waals surface area contributed by atoms with E-state index in [1.54, 1.807) is 0 Å². The molecule has 208 valence electrons. The van der Waals surface area contributed by atoms with Crippen molar-refractivity contribution in [1.29, 1.82) is 0 Å². The zero-order valence-corrected chi connectivity index (χ0v) is 26.2. The molecule has 5 aromatic rings. The van der Waals surface area contributed by atoms with Crippen LogP contribution in [0.4, 0.5) is 0 Å². The van der Waals surface area contributed by atoms with Gasteiger partial charge in [-0.3, -0.25) is 0 Å². The Balaban J connectivity index is 1.88. The van der Waals surface area contributed by atoms with Crippen molar-refractivity contribution in [3.8, 4) is 5.75 Å². The second kappa shape index (κ2) is 11.6. The Kier molecular flexibility index (Phi) is 8.16. The molecule has 0 aliphatic carbocycles. The van der Waals surface area contributed by atoms with Gasteiger partial charge in [0.25, 0.3) is 0 Å². The average molecular weight is 575 g/mol. The van der Waals surface area contributed by atoms with Crippen molar-refractivity contribution in [3.05, 3.63) is 168 Å². The number of hydrogen-bond donors (Lipinski definition) is 1. The van der Waals surface area contributed by atoms with Gasteiger partial charge in [-0.2, -0.15) is 0 Å². The van der Waals surface area contributed by atoms with Gasteiger partial charge in [-0.05, 0) is 41.9 Å². The summed E-state index contributed by atoms with van der Waals surface area (Å²) in [5, 5.41) is 13.6. The van der Waals surface area contributed by atoms with Crippen LogP contribution >= 0.6 is 0 Å². The first-order chi connectivity index (χ1) is 19.7. The summed E-state index contributed by atoms with van der Waals surface area (Å²) >= 11 is 0. The number of rotatable bonds is 10. The van der Waals surface area contributed by atoms with Crippen molar-refractivity contribution >= 4 is 21.8 Å². The predicted octanol–water partition coefficient (Wildman–Crippen LogP) is 7.77. The molecule has 5 aromatic carbocycles. The normalized spacial score (nSPS) is 13.8. The molecule has 1 atom stereocenters. The molecule has 0 saturated carbocycles. The second-order valence-electron chi connectivity index (χ2n) is 11.4. The molecule has 41 heavy (non-hydrogen) atoms. The van der Waals surface area contributed by atoms with Crippen molar-refractivity contribution in [2.75, 3.05) is 0 Å². The van der Waals surface area contributed by atoms with Crippen LogP contribution in [0.3, 0.4) is 0 Å². The molecule has 0 radical (unpaired) electrons. The smallest absolute Gasteiger partial charge is 0.393 e. The van der Waals surface area contributed by atoms with Gasteiger partial charge in [-0.25, -0.2) is 0 Å². The second-order valence-corrected chi connectivity index (χ2v) is 19.2. The van der Waals surface area contributed by atoms with Gasteiger partial charge in [0, 0.05) is 0 Å². The van der Waals surface area contributed by atoms with E-state index in [-0.39, 0.29) is 0 Å². The van der Waals surface area contributed by atoms with Gasteiger partial charge in [0.1, 0.15) is 24.6 Å². The molecule has 0 amide bonds. The number of hydrogen-bond acceptors (Lipinski definition) is 3. The van der Waals surface area contributed by atoms with Crippen molar-refractivity contribution in [3.63, 3.8) is 0 Å². The standard InChI is InChI=1S/C36H38O3Si2/c1-40(2,34-28-18-9-19-29-34)36(37,32-24-14-7-15-25-32)35(30-20-10-5-11-21-30,31-22-12-6-13-23-31)39-41(3,4)38-33-26-16-8-17-27-33/h5-29,37H,1-4H3. The van der Waals surface area contributed by atoms with Crippen molar-refractivity contribution in [1.82, 2.24) is 0 Å². The molecule has 1 N–H and O–H groups in total. The van der Waals surface area contributed by atoms with Gasteiger partial charge in [0.15, 0.2) is 0 Å². The van der Waals surface area contributed by atoms with Gasteiger partial charge in [0.05, 0.1) is 0 Å². The molecule has 5 heteroatoms. The minimum Gasteiger partial charge on any atom is -0.520 e. The van der Waals surface area contributed by atoms with Crippen LogP contribution < -0.4 is 9.61 Å². The van der Waals surface area contributed by atoms with E-state index in [4.69, 9.17) is 8.85 Å². The van der Waals surface area contributed by atoms with Crippen LogP contribution in [-0.2, 0) is 15.3 Å². The van der Waals surface area contributed by atoms with Crippen molar-refractivity contribution in [2.24, 2.45) is 0 Å². The van der Waals surface area contributed by atoms with Gasteiger partial charge in [0.2, 0.25) is 0 Å². The third-order valence-corrected chi connectivity index (χ3v) is 13.7. The fraction of sp³-hybridized carbons (Fsp3) is 0.167. The maximum absolute atomic E-state index is 13.9. The molecular weight excluding hydrogens is 537 g/mol. The number of aliphatic hydroxyl groups is 1. The summed E-state index contributed by atoms with van der Waals surface area (Å²) in [6.45, 7) is 8.60. The first-order valence-electron chi connectivity index (χ1n) is 14.1. The van der Waals surface area contributed by atoms with Crippen molar-refractivity contribution in [2.45, 2.75) is 37.0 Å². The van der Waals surface area contributed by atoms with E-state index >= 15 is 0 Å². The fourth-order valence-electron chi connectivity index (χ4n) is 6.03. The largest absolute Gasteiger partial charge is 0.520 e. The van der Waals surface area contributed by atoms with E-state index in [0.29, 0.717) is 0 Å². The summed E-state index contributed by atoms with van der Waals surface area (Å²) in [6.07, 6.45) is 0. The summed E-state index contributed by atoms with van der Waals surface area (Å²) in [5.41, 5.74) is 1.28. The maximum atomic E-state index is 13.9. The van der Waals surface area contributed by atoms with Gasteiger partial charge in [-0.15, -0.1) is 0 Å². The summed E-state index contributed by atoms with van der Waals surface area (Å²) in [7, 11) is -5.87. The molecule has 0 aliphatic rings. The quantitative estimate of drug-likeness (QED) is 0.173. The monoisotopic (exact) mass is 574 g/mol. The lowest BCUT2D eigenvalue weighted by molar-refractivity contribution is -0.0859. The zero-order valence-electron chi connectivity index (χ0n) is 24.2. The first-order valence-corrected chi connectivity index (χ1v) is 19.9. The molecule has 0 aliphatic heterocycles. The zero-order chi connectivity index (χ0) is 29.0. The van der Waals surface area contributed by atoms with Crippen LogP contribution in [0.1, 0.15) is 16.7 Å². The summed E-state index contributed by atoms with van der Waals surface area (Å²) < 4.78 is 14.2. The van der Waals surface area contributed by atoms with Crippen LogP contribution in [0.15, 0.2) is 152 Å². The Morgan fingerprint density at radius 1 is 0.488 bits per heavy atom. The van der Waals surface area contributed by atoms with E-state index in [1.165, 1.54) is 0 Å². The lowest BCUT2D eigenvalue weighted by atomic mass is 9.78. The minimum absolute atomic E-state index is 0.752. The van der Waals surface area contributed by atoms with Gasteiger partial charge < -0.3 is 14.0 Å². The van der Waals surface area contributed by atoms with Gasteiger partial charge >= 0.3 is 8.56 Å². The number of para-hydroxylation sites is 1. The Labute approximate surface area is 246 Å². The van der Waals surface area contributed by atoms with Gasteiger partial charge in [-0.1, -0.05) is 158 Å². The molecule has 0 saturated heterocycles. The molecule has 5 rings (SSSR count). The Bertz CT molecular complexity index is 1490. The third-order valence-electron chi connectivity index (χ3n) is 7.97. The number of benzene rings is 5. The van der Waals surface area contributed by atoms with Crippen LogP contribution in [0.5, 0.6) is 5.75 Å². The lowest BCUT2D eigenvalue weighted by Gasteiger charge is -2.56. The first kappa shape index (κ1) is 28.8. The molecular formula is C36H38O3Si2. The highest BCUT2D eigenvalue weighted by Gasteiger charge is 2.65.